The van der Waals surface area contributed by atoms with Gasteiger partial charge in [-0.3, -0.25) is 0 Å². The number of anilines is 1. The Labute approximate surface area is 121 Å². The van der Waals surface area contributed by atoms with E-state index in [-0.39, 0.29) is 0 Å². The highest BCUT2D eigenvalue weighted by molar-refractivity contribution is 9.10. The molecule has 0 heterocycles. The Morgan fingerprint density at radius 1 is 1.00 bits per heavy atom. The molecule has 3 heteroatoms. The molecule has 0 aromatic heterocycles. The number of hydrogen-bond acceptors (Lipinski definition) is 2. The Kier molecular flexibility index (Phi) is 4.72. The molecule has 0 radical (unpaired) electrons. The van der Waals surface area contributed by atoms with E-state index >= 15 is 0 Å². The third kappa shape index (κ3) is 3.53. The lowest BCUT2D eigenvalue weighted by Crippen LogP contribution is -2.06. The van der Waals surface area contributed by atoms with Gasteiger partial charge in [0.2, 0.25) is 0 Å². The Morgan fingerprint density at radius 2 is 1.61 bits per heavy atom. The summed E-state index contributed by atoms with van der Waals surface area (Å²) in [5, 5.41) is 3.50. The van der Waals surface area contributed by atoms with Gasteiger partial charge >= 0.3 is 0 Å². The van der Waals surface area contributed by atoms with E-state index in [1.807, 2.05) is 0 Å². The molecule has 0 aliphatic heterocycles. The van der Waals surface area contributed by atoms with Crippen molar-refractivity contribution in [3.63, 3.8) is 0 Å². The second kappa shape index (κ2) is 6.30. The summed E-state index contributed by atoms with van der Waals surface area (Å²) in [5.74, 6) is 0. The number of benzene rings is 2. The first-order valence-electron chi connectivity index (χ1n) is 5.85. The molecule has 0 spiro atoms. The van der Waals surface area contributed by atoms with Gasteiger partial charge in [0.15, 0.2) is 0 Å². The molecular weight excluding hydrogens is 306 g/mol. The van der Waals surface area contributed by atoms with E-state index in [2.05, 4.69) is 83.0 Å². The van der Waals surface area contributed by atoms with Crippen molar-refractivity contribution < 1.29 is 0 Å². The fraction of sp³-hybridized carbons (Fsp3) is 0.200. The van der Waals surface area contributed by atoms with Crippen LogP contribution in [-0.2, 0) is 0 Å². The van der Waals surface area contributed by atoms with Crippen LogP contribution in [-0.4, -0.2) is 6.26 Å². The van der Waals surface area contributed by atoms with Gasteiger partial charge in [-0.25, -0.2) is 0 Å². The fourth-order valence-electron chi connectivity index (χ4n) is 1.77. The minimum atomic E-state index is 0.304. The first-order valence-corrected chi connectivity index (χ1v) is 7.87. The van der Waals surface area contributed by atoms with Crippen LogP contribution >= 0.6 is 27.7 Å². The Bertz CT molecular complexity index is 493. The first kappa shape index (κ1) is 13.5. The molecule has 0 amide bonds. The predicted molar refractivity (Wildman–Crippen MR) is 84.4 cm³/mol. The van der Waals surface area contributed by atoms with Crippen LogP contribution in [0.25, 0.3) is 0 Å². The fourth-order valence-corrected chi connectivity index (χ4v) is 2.44. The molecule has 0 aliphatic rings. The molecule has 1 unspecified atom stereocenters. The van der Waals surface area contributed by atoms with Crippen LogP contribution in [0.1, 0.15) is 18.5 Å². The quantitative estimate of drug-likeness (QED) is 0.762. The molecule has 2 aromatic rings. The summed E-state index contributed by atoms with van der Waals surface area (Å²) in [5.41, 5.74) is 2.44. The lowest BCUT2D eigenvalue weighted by Gasteiger charge is -2.16. The maximum Gasteiger partial charge on any atom is 0.0485 e. The Balaban J connectivity index is 2.05. The minimum Gasteiger partial charge on any atom is -0.379 e. The van der Waals surface area contributed by atoms with Gasteiger partial charge in [0.1, 0.15) is 0 Å². The van der Waals surface area contributed by atoms with Crippen LogP contribution in [0.3, 0.4) is 0 Å². The summed E-state index contributed by atoms with van der Waals surface area (Å²) in [6, 6.07) is 17.3. The molecule has 0 saturated carbocycles. The monoisotopic (exact) mass is 321 g/mol. The average molecular weight is 322 g/mol. The zero-order chi connectivity index (χ0) is 13.0. The second-order valence-corrected chi connectivity index (χ2v) is 5.94. The van der Waals surface area contributed by atoms with Gasteiger partial charge in [-0.05, 0) is 55.1 Å². The van der Waals surface area contributed by atoms with Crippen molar-refractivity contribution in [2.75, 3.05) is 11.6 Å². The van der Waals surface area contributed by atoms with Crippen LogP contribution < -0.4 is 5.32 Å². The number of nitrogens with one attached hydrogen (secondary N) is 1. The smallest absolute Gasteiger partial charge is 0.0485 e. The largest absolute Gasteiger partial charge is 0.379 e. The summed E-state index contributed by atoms with van der Waals surface area (Å²) < 4.78 is 1.11. The predicted octanol–water partition coefficient (Wildman–Crippen LogP) is 5.34. The van der Waals surface area contributed by atoms with E-state index in [1.165, 1.54) is 10.5 Å². The maximum atomic E-state index is 3.50. The van der Waals surface area contributed by atoms with Crippen molar-refractivity contribution in [2.24, 2.45) is 0 Å². The molecule has 0 bridgehead atoms. The molecule has 1 N–H and O–H groups in total. The zero-order valence-electron chi connectivity index (χ0n) is 10.5. The highest BCUT2D eigenvalue weighted by Crippen LogP contribution is 2.23. The van der Waals surface area contributed by atoms with Crippen molar-refractivity contribution in [1.29, 1.82) is 0 Å². The van der Waals surface area contributed by atoms with Crippen LogP contribution in [0.5, 0.6) is 0 Å². The Hall–Kier alpha value is -0.930. The van der Waals surface area contributed by atoms with E-state index < -0.39 is 0 Å². The molecule has 0 fully saturated rings. The summed E-state index contributed by atoms with van der Waals surface area (Å²) in [6.45, 7) is 2.17. The van der Waals surface area contributed by atoms with E-state index in [4.69, 9.17) is 0 Å². The molecule has 0 aliphatic carbocycles. The summed E-state index contributed by atoms with van der Waals surface area (Å²) in [6.07, 6.45) is 2.09. The minimum absolute atomic E-state index is 0.304. The van der Waals surface area contributed by atoms with Gasteiger partial charge in [0, 0.05) is 21.1 Å². The van der Waals surface area contributed by atoms with Gasteiger partial charge in [-0.2, -0.15) is 0 Å². The third-order valence-electron chi connectivity index (χ3n) is 2.84. The highest BCUT2D eigenvalue weighted by atomic mass is 79.9. The van der Waals surface area contributed by atoms with Gasteiger partial charge in [0.05, 0.1) is 0 Å². The zero-order valence-corrected chi connectivity index (χ0v) is 12.9. The van der Waals surface area contributed by atoms with Gasteiger partial charge < -0.3 is 5.32 Å². The first-order chi connectivity index (χ1) is 8.69. The summed E-state index contributed by atoms with van der Waals surface area (Å²) in [4.78, 5) is 1.29. The molecule has 0 saturated heterocycles. The Morgan fingerprint density at radius 3 is 2.17 bits per heavy atom. The van der Waals surface area contributed by atoms with Crippen molar-refractivity contribution in [3.8, 4) is 0 Å². The van der Waals surface area contributed by atoms with Crippen molar-refractivity contribution >= 4 is 33.4 Å². The SMILES string of the molecule is CSc1ccc(NC(C)c2ccc(Br)cc2)cc1. The number of thioether (sulfide) groups is 1. The van der Waals surface area contributed by atoms with Crippen LogP contribution in [0, 0.1) is 0 Å². The van der Waals surface area contributed by atoms with Gasteiger partial charge in [0.25, 0.3) is 0 Å². The van der Waals surface area contributed by atoms with E-state index in [9.17, 15) is 0 Å². The van der Waals surface area contributed by atoms with Crippen molar-refractivity contribution in [3.05, 3.63) is 58.6 Å². The lowest BCUT2D eigenvalue weighted by atomic mass is 10.1. The number of halogens is 1. The second-order valence-electron chi connectivity index (χ2n) is 4.15. The van der Waals surface area contributed by atoms with E-state index in [0.29, 0.717) is 6.04 Å². The molecule has 1 nitrogen and oxygen atoms in total. The molecule has 18 heavy (non-hydrogen) atoms. The molecular formula is C15H16BrNS. The summed E-state index contributed by atoms with van der Waals surface area (Å²) >= 11 is 5.22. The van der Waals surface area contributed by atoms with Crippen molar-refractivity contribution in [1.82, 2.24) is 0 Å². The molecule has 2 aromatic carbocycles. The number of hydrogen-bond donors (Lipinski definition) is 1. The third-order valence-corrected chi connectivity index (χ3v) is 4.12. The van der Waals surface area contributed by atoms with E-state index in [0.717, 1.165) is 10.2 Å². The van der Waals surface area contributed by atoms with Crippen LogP contribution in [0.4, 0.5) is 5.69 Å². The van der Waals surface area contributed by atoms with Crippen LogP contribution in [0.2, 0.25) is 0 Å². The maximum absolute atomic E-state index is 3.50. The lowest BCUT2D eigenvalue weighted by molar-refractivity contribution is 0.884. The van der Waals surface area contributed by atoms with Crippen LogP contribution in [0.15, 0.2) is 57.9 Å². The van der Waals surface area contributed by atoms with E-state index in [1.54, 1.807) is 11.8 Å². The van der Waals surface area contributed by atoms with Crippen molar-refractivity contribution in [2.45, 2.75) is 17.9 Å². The summed E-state index contributed by atoms with van der Waals surface area (Å²) in [7, 11) is 0. The molecule has 1 atom stereocenters. The molecule has 2 rings (SSSR count). The normalized spacial score (nSPS) is 12.2. The standard InChI is InChI=1S/C15H16BrNS/c1-11(12-3-5-13(16)6-4-12)17-14-7-9-15(18-2)10-8-14/h3-11,17H,1-2H3. The average Bonchev–Trinajstić information content (AvgIpc) is 2.40. The topological polar surface area (TPSA) is 12.0 Å². The van der Waals surface area contributed by atoms with Gasteiger partial charge in [-0.1, -0.05) is 28.1 Å². The molecule has 94 valence electrons. The highest BCUT2D eigenvalue weighted by Gasteiger charge is 2.04. The van der Waals surface area contributed by atoms with Gasteiger partial charge in [-0.15, -0.1) is 11.8 Å². The number of rotatable bonds is 4.